The van der Waals surface area contributed by atoms with Crippen LogP contribution >= 0.6 is 0 Å². The van der Waals surface area contributed by atoms with Crippen LogP contribution < -0.4 is 10.6 Å². The maximum absolute atomic E-state index is 11.4. The molecule has 0 aromatic heterocycles. The molecule has 4 heteroatoms. The van der Waals surface area contributed by atoms with Gasteiger partial charge in [-0.25, -0.2) is 0 Å². The minimum absolute atomic E-state index is 0.0183. The summed E-state index contributed by atoms with van der Waals surface area (Å²) in [7, 11) is 0. The number of anilines is 1. The number of nitrogens with zero attached hydrogens (tertiary/aromatic N) is 1. The molecule has 0 unspecified atom stereocenters. The summed E-state index contributed by atoms with van der Waals surface area (Å²) >= 11 is 0. The number of nitrogens with one attached hydrogen (secondary N) is 2. The number of para-hydroxylation sites is 1. The minimum Gasteiger partial charge on any atom is -0.375 e. The molecule has 1 aliphatic carbocycles. The van der Waals surface area contributed by atoms with Crippen LogP contribution in [0.4, 0.5) is 5.69 Å². The first kappa shape index (κ1) is 10.5. The lowest BCUT2D eigenvalue weighted by atomic mass is 10.2. The highest BCUT2D eigenvalue weighted by Gasteiger charge is 2.22. The van der Waals surface area contributed by atoms with Crippen molar-refractivity contribution in [2.45, 2.75) is 18.9 Å². The Morgan fingerprint density at radius 2 is 2.19 bits per heavy atom. The Balaban J connectivity index is 1.88. The molecule has 0 atom stereocenters. The van der Waals surface area contributed by atoms with Gasteiger partial charge in [0.05, 0.1) is 17.8 Å². The van der Waals surface area contributed by atoms with Crippen molar-refractivity contribution in [3.8, 4) is 6.07 Å². The summed E-state index contributed by atoms with van der Waals surface area (Å²) in [6, 6.07) is 9.61. The summed E-state index contributed by atoms with van der Waals surface area (Å²) < 4.78 is 0. The van der Waals surface area contributed by atoms with Crippen molar-refractivity contribution < 1.29 is 4.79 Å². The van der Waals surface area contributed by atoms with Crippen molar-refractivity contribution in [3.05, 3.63) is 29.8 Å². The second-order valence-electron chi connectivity index (χ2n) is 3.85. The molecule has 0 radical (unpaired) electrons. The molecule has 0 heterocycles. The van der Waals surface area contributed by atoms with Gasteiger partial charge in [-0.1, -0.05) is 12.1 Å². The number of hydrogen-bond acceptors (Lipinski definition) is 3. The van der Waals surface area contributed by atoms with Crippen LogP contribution in [0, 0.1) is 11.3 Å². The molecule has 0 aliphatic heterocycles. The molecule has 1 amide bonds. The second-order valence-corrected chi connectivity index (χ2v) is 3.85. The Kier molecular flexibility index (Phi) is 3.06. The molecule has 1 aliphatic rings. The lowest BCUT2D eigenvalue weighted by molar-refractivity contribution is -0.119. The second kappa shape index (κ2) is 4.67. The molecule has 1 aromatic carbocycles. The van der Waals surface area contributed by atoms with E-state index in [1.165, 1.54) is 0 Å². The third-order valence-electron chi connectivity index (χ3n) is 2.43. The maximum atomic E-state index is 11.4. The van der Waals surface area contributed by atoms with E-state index in [4.69, 9.17) is 5.26 Å². The summed E-state index contributed by atoms with van der Waals surface area (Å²) in [4.78, 5) is 11.4. The molecule has 2 rings (SSSR count). The van der Waals surface area contributed by atoms with E-state index in [1.807, 2.05) is 6.07 Å². The largest absolute Gasteiger partial charge is 0.375 e. The van der Waals surface area contributed by atoms with Gasteiger partial charge in [0.25, 0.3) is 0 Å². The van der Waals surface area contributed by atoms with Crippen LogP contribution in [0.5, 0.6) is 0 Å². The molecule has 1 saturated carbocycles. The maximum Gasteiger partial charge on any atom is 0.239 e. The summed E-state index contributed by atoms with van der Waals surface area (Å²) in [6.45, 7) is 0.217. The van der Waals surface area contributed by atoms with Crippen LogP contribution in [0.3, 0.4) is 0 Å². The van der Waals surface area contributed by atoms with Gasteiger partial charge in [-0.2, -0.15) is 5.26 Å². The summed E-state index contributed by atoms with van der Waals surface area (Å²) in [5.41, 5.74) is 1.26. The number of hydrogen-bond donors (Lipinski definition) is 2. The van der Waals surface area contributed by atoms with Gasteiger partial charge in [-0.3, -0.25) is 4.79 Å². The van der Waals surface area contributed by atoms with Crippen molar-refractivity contribution in [3.63, 3.8) is 0 Å². The van der Waals surface area contributed by atoms with Crippen LogP contribution in [0.15, 0.2) is 24.3 Å². The average Bonchev–Trinajstić information content (AvgIpc) is 3.10. The van der Waals surface area contributed by atoms with Gasteiger partial charge >= 0.3 is 0 Å². The lowest BCUT2D eigenvalue weighted by Crippen LogP contribution is -2.31. The van der Waals surface area contributed by atoms with Gasteiger partial charge in [-0.15, -0.1) is 0 Å². The Labute approximate surface area is 94.3 Å². The zero-order valence-corrected chi connectivity index (χ0v) is 8.86. The number of rotatable bonds is 4. The third kappa shape index (κ3) is 2.74. The molecule has 16 heavy (non-hydrogen) atoms. The van der Waals surface area contributed by atoms with E-state index in [2.05, 4.69) is 16.7 Å². The highest BCUT2D eigenvalue weighted by molar-refractivity contribution is 5.81. The molecule has 82 valence electrons. The fourth-order valence-corrected chi connectivity index (χ4v) is 1.42. The van der Waals surface area contributed by atoms with E-state index in [0.29, 0.717) is 17.3 Å². The Hall–Kier alpha value is -2.02. The number of nitriles is 1. The standard InChI is InChI=1S/C12H13N3O/c13-7-9-3-1-2-4-11(9)14-8-12(16)15-10-5-6-10/h1-4,10,14H,5-6,8H2,(H,15,16). The van der Waals surface area contributed by atoms with Gasteiger partial charge in [0, 0.05) is 6.04 Å². The van der Waals surface area contributed by atoms with Crippen molar-refractivity contribution in [1.82, 2.24) is 5.32 Å². The van der Waals surface area contributed by atoms with Gasteiger partial charge in [0.2, 0.25) is 5.91 Å². The number of benzene rings is 1. The highest BCUT2D eigenvalue weighted by Crippen LogP contribution is 2.18. The molecule has 1 fully saturated rings. The zero-order chi connectivity index (χ0) is 11.4. The molecule has 0 saturated heterocycles. The van der Waals surface area contributed by atoms with Crippen molar-refractivity contribution in [2.75, 3.05) is 11.9 Å². The number of carbonyl (C=O) groups is 1. The predicted octanol–water partition coefficient (Wildman–Crippen LogP) is 1.25. The van der Waals surface area contributed by atoms with E-state index in [1.54, 1.807) is 18.2 Å². The van der Waals surface area contributed by atoms with Crippen LogP contribution in [0.1, 0.15) is 18.4 Å². The molecular weight excluding hydrogens is 202 g/mol. The number of amides is 1. The zero-order valence-electron chi connectivity index (χ0n) is 8.86. The van der Waals surface area contributed by atoms with Gasteiger partial charge < -0.3 is 10.6 Å². The Bertz CT molecular complexity index is 432. The molecule has 0 bridgehead atoms. The first-order valence-corrected chi connectivity index (χ1v) is 5.32. The molecule has 2 N–H and O–H groups in total. The third-order valence-corrected chi connectivity index (χ3v) is 2.43. The van der Waals surface area contributed by atoms with E-state index in [-0.39, 0.29) is 12.5 Å². The van der Waals surface area contributed by atoms with Crippen LogP contribution in [-0.4, -0.2) is 18.5 Å². The normalized spacial score (nSPS) is 13.9. The lowest BCUT2D eigenvalue weighted by Gasteiger charge is -2.07. The van der Waals surface area contributed by atoms with Crippen molar-refractivity contribution in [2.24, 2.45) is 0 Å². The van der Waals surface area contributed by atoms with Crippen molar-refractivity contribution in [1.29, 1.82) is 5.26 Å². The number of carbonyl (C=O) groups excluding carboxylic acids is 1. The van der Waals surface area contributed by atoms with E-state index in [9.17, 15) is 4.79 Å². The van der Waals surface area contributed by atoms with Gasteiger partial charge in [0.15, 0.2) is 0 Å². The monoisotopic (exact) mass is 215 g/mol. The molecule has 0 spiro atoms. The smallest absolute Gasteiger partial charge is 0.239 e. The fraction of sp³-hybridized carbons (Fsp3) is 0.333. The van der Waals surface area contributed by atoms with E-state index < -0.39 is 0 Å². The predicted molar refractivity (Wildman–Crippen MR) is 60.8 cm³/mol. The van der Waals surface area contributed by atoms with Crippen LogP contribution in [0.25, 0.3) is 0 Å². The average molecular weight is 215 g/mol. The minimum atomic E-state index is -0.0183. The quantitative estimate of drug-likeness (QED) is 0.794. The van der Waals surface area contributed by atoms with Crippen molar-refractivity contribution >= 4 is 11.6 Å². The van der Waals surface area contributed by atoms with Gasteiger partial charge in [-0.05, 0) is 25.0 Å². The summed E-state index contributed by atoms with van der Waals surface area (Å²) in [5.74, 6) is -0.0183. The van der Waals surface area contributed by atoms with E-state index >= 15 is 0 Å². The summed E-state index contributed by atoms with van der Waals surface area (Å²) in [5, 5.41) is 14.7. The Morgan fingerprint density at radius 1 is 1.44 bits per heavy atom. The molecule has 4 nitrogen and oxygen atoms in total. The topological polar surface area (TPSA) is 64.9 Å². The summed E-state index contributed by atoms with van der Waals surface area (Å²) in [6.07, 6.45) is 2.17. The fourth-order valence-electron chi connectivity index (χ4n) is 1.42. The molecule has 1 aromatic rings. The van der Waals surface area contributed by atoms with Gasteiger partial charge in [0.1, 0.15) is 6.07 Å². The Morgan fingerprint density at radius 3 is 2.88 bits per heavy atom. The van der Waals surface area contributed by atoms with E-state index in [0.717, 1.165) is 12.8 Å². The SMILES string of the molecule is N#Cc1ccccc1NCC(=O)NC1CC1. The first-order valence-electron chi connectivity index (χ1n) is 5.32. The molecular formula is C12H13N3O. The van der Waals surface area contributed by atoms with Crippen LogP contribution in [-0.2, 0) is 4.79 Å². The first-order chi connectivity index (χ1) is 7.79. The highest BCUT2D eigenvalue weighted by atomic mass is 16.2. The van der Waals surface area contributed by atoms with Crippen LogP contribution in [0.2, 0.25) is 0 Å².